The van der Waals surface area contributed by atoms with Gasteiger partial charge in [-0.3, -0.25) is 4.79 Å². The highest BCUT2D eigenvalue weighted by Gasteiger charge is 2.14. The van der Waals surface area contributed by atoms with Gasteiger partial charge in [0.2, 0.25) is 0 Å². The van der Waals surface area contributed by atoms with Crippen molar-refractivity contribution in [1.82, 2.24) is 5.32 Å². The van der Waals surface area contributed by atoms with Gasteiger partial charge in [0.1, 0.15) is 0 Å². The van der Waals surface area contributed by atoms with Crippen LogP contribution in [0.4, 0.5) is 0 Å². The van der Waals surface area contributed by atoms with Gasteiger partial charge in [-0.2, -0.15) is 0 Å². The molecule has 3 heteroatoms. The first kappa shape index (κ1) is 14.8. The van der Waals surface area contributed by atoms with Crippen molar-refractivity contribution in [2.24, 2.45) is 0 Å². The van der Waals surface area contributed by atoms with Gasteiger partial charge in [-0.05, 0) is 47.9 Å². The van der Waals surface area contributed by atoms with E-state index in [9.17, 15) is 4.79 Å². The minimum absolute atomic E-state index is 0.0120. The number of thiophene rings is 1. The van der Waals surface area contributed by atoms with E-state index in [0.717, 1.165) is 16.0 Å². The number of nitrogens with one attached hydrogen (secondary N) is 1. The molecular formula is C17H21NOS. The summed E-state index contributed by atoms with van der Waals surface area (Å²) in [5, 5.41) is 5.01. The van der Waals surface area contributed by atoms with Gasteiger partial charge in [0.05, 0.1) is 10.9 Å². The summed E-state index contributed by atoms with van der Waals surface area (Å²) in [4.78, 5) is 13.0. The van der Waals surface area contributed by atoms with Gasteiger partial charge in [-0.15, -0.1) is 11.3 Å². The third-order valence-corrected chi connectivity index (χ3v) is 4.53. The quantitative estimate of drug-likeness (QED) is 0.869. The van der Waals surface area contributed by atoms with Gasteiger partial charge in [0.25, 0.3) is 5.91 Å². The van der Waals surface area contributed by atoms with Crippen LogP contribution in [0.3, 0.4) is 0 Å². The maximum Gasteiger partial charge on any atom is 0.262 e. The Morgan fingerprint density at radius 2 is 1.65 bits per heavy atom. The number of carbonyl (C=O) groups excluding carboxylic acids is 1. The molecule has 0 aliphatic heterocycles. The van der Waals surface area contributed by atoms with Crippen molar-refractivity contribution in [3.05, 3.63) is 57.3 Å². The third-order valence-electron chi connectivity index (χ3n) is 3.52. The van der Waals surface area contributed by atoms with Crippen LogP contribution in [-0.4, -0.2) is 5.91 Å². The molecule has 20 heavy (non-hydrogen) atoms. The molecule has 0 aliphatic rings. The zero-order valence-corrected chi connectivity index (χ0v) is 13.3. The molecule has 0 saturated carbocycles. The first-order valence-corrected chi connectivity index (χ1v) is 7.82. The second kappa shape index (κ2) is 6.23. The molecule has 2 aromatic rings. The van der Waals surface area contributed by atoms with Crippen molar-refractivity contribution in [3.8, 4) is 0 Å². The summed E-state index contributed by atoms with van der Waals surface area (Å²) < 4.78 is 0. The lowest BCUT2D eigenvalue weighted by Crippen LogP contribution is -2.26. The average Bonchev–Trinajstić information content (AvgIpc) is 2.85. The van der Waals surface area contributed by atoms with Crippen molar-refractivity contribution < 1.29 is 4.79 Å². The Morgan fingerprint density at radius 1 is 1.05 bits per heavy atom. The first-order chi connectivity index (χ1) is 9.49. The molecule has 1 heterocycles. The first-order valence-electron chi connectivity index (χ1n) is 6.94. The maximum atomic E-state index is 12.2. The van der Waals surface area contributed by atoms with Crippen molar-refractivity contribution in [2.45, 2.75) is 39.7 Å². The predicted octanol–water partition coefficient (Wildman–Crippen LogP) is 4.67. The molecule has 0 fully saturated rings. The lowest BCUT2D eigenvalue weighted by molar-refractivity contribution is 0.0943. The summed E-state index contributed by atoms with van der Waals surface area (Å²) in [5.41, 5.74) is 3.49. The lowest BCUT2D eigenvalue weighted by Gasteiger charge is -2.15. The van der Waals surface area contributed by atoms with Crippen molar-refractivity contribution in [3.63, 3.8) is 0 Å². The Balaban J connectivity index is 2.06. The smallest absolute Gasteiger partial charge is 0.262 e. The Morgan fingerprint density at radius 3 is 2.15 bits per heavy atom. The Bertz CT molecular complexity index is 583. The van der Waals surface area contributed by atoms with Gasteiger partial charge < -0.3 is 5.32 Å². The van der Waals surface area contributed by atoms with Gasteiger partial charge in [-0.25, -0.2) is 0 Å². The van der Waals surface area contributed by atoms with E-state index in [-0.39, 0.29) is 11.9 Å². The molecule has 2 nitrogen and oxygen atoms in total. The van der Waals surface area contributed by atoms with Crippen LogP contribution in [0.5, 0.6) is 0 Å². The molecule has 0 saturated heterocycles. The summed E-state index contributed by atoms with van der Waals surface area (Å²) in [6.07, 6.45) is 0. The van der Waals surface area contributed by atoms with Crippen LogP contribution in [0.1, 0.15) is 59.1 Å². The number of hydrogen-bond acceptors (Lipinski definition) is 2. The van der Waals surface area contributed by atoms with E-state index >= 15 is 0 Å². The third kappa shape index (κ3) is 3.28. The normalized spacial score (nSPS) is 12.4. The molecule has 1 aromatic carbocycles. The Kier molecular flexibility index (Phi) is 4.61. The molecule has 1 amide bonds. The minimum Gasteiger partial charge on any atom is -0.345 e. The zero-order valence-electron chi connectivity index (χ0n) is 12.4. The molecule has 1 unspecified atom stereocenters. The molecule has 0 bridgehead atoms. The zero-order chi connectivity index (χ0) is 14.7. The number of amides is 1. The van der Waals surface area contributed by atoms with E-state index < -0.39 is 0 Å². The second-order valence-electron chi connectivity index (χ2n) is 5.45. The number of rotatable bonds is 4. The van der Waals surface area contributed by atoms with Crippen LogP contribution in [0.25, 0.3) is 0 Å². The number of carbonyl (C=O) groups is 1. The molecule has 1 aromatic heterocycles. The van der Waals surface area contributed by atoms with Crippen molar-refractivity contribution >= 4 is 17.2 Å². The van der Waals surface area contributed by atoms with Crippen LogP contribution in [0, 0.1) is 6.92 Å². The predicted molar refractivity (Wildman–Crippen MR) is 85.5 cm³/mol. The monoisotopic (exact) mass is 287 g/mol. The highest BCUT2D eigenvalue weighted by Crippen LogP contribution is 2.20. The van der Waals surface area contributed by atoms with E-state index in [0.29, 0.717) is 5.92 Å². The Hall–Kier alpha value is -1.61. The largest absolute Gasteiger partial charge is 0.345 e. The fraction of sp³-hybridized carbons (Fsp3) is 0.353. The summed E-state index contributed by atoms with van der Waals surface area (Å²) in [6, 6.07) is 10.5. The molecule has 0 radical (unpaired) electrons. The molecule has 1 atom stereocenters. The lowest BCUT2D eigenvalue weighted by atomic mass is 9.99. The highest BCUT2D eigenvalue weighted by molar-refractivity contribution is 7.12. The fourth-order valence-corrected chi connectivity index (χ4v) is 2.95. The number of aryl methyl sites for hydroxylation is 1. The highest BCUT2D eigenvalue weighted by atomic mass is 32.1. The van der Waals surface area contributed by atoms with E-state index in [4.69, 9.17) is 0 Å². The summed E-state index contributed by atoms with van der Waals surface area (Å²) in [7, 11) is 0. The van der Waals surface area contributed by atoms with E-state index in [1.54, 1.807) is 0 Å². The molecular weight excluding hydrogens is 266 g/mol. The van der Waals surface area contributed by atoms with Crippen LogP contribution in [0.2, 0.25) is 0 Å². The van der Waals surface area contributed by atoms with Crippen LogP contribution in [-0.2, 0) is 0 Å². The summed E-state index contributed by atoms with van der Waals surface area (Å²) in [5.74, 6) is 0.542. The van der Waals surface area contributed by atoms with Gasteiger partial charge in [-0.1, -0.05) is 38.1 Å². The second-order valence-corrected chi connectivity index (χ2v) is 6.37. The molecule has 1 N–H and O–H groups in total. The molecule has 0 aliphatic carbocycles. The van der Waals surface area contributed by atoms with E-state index in [2.05, 4.69) is 43.4 Å². The summed E-state index contributed by atoms with van der Waals surface area (Å²) >= 11 is 1.49. The average molecular weight is 287 g/mol. The summed E-state index contributed by atoms with van der Waals surface area (Å²) in [6.45, 7) is 8.35. The Labute approximate surface area is 124 Å². The fourth-order valence-electron chi connectivity index (χ4n) is 2.12. The van der Waals surface area contributed by atoms with Crippen molar-refractivity contribution in [1.29, 1.82) is 0 Å². The molecule has 0 spiro atoms. The van der Waals surface area contributed by atoms with E-state index in [1.807, 2.05) is 25.3 Å². The number of benzene rings is 1. The standard InChI is InChI=1S/C17H21NOS/c1-11(2)14-5-7-15(8-6-14)13(4)18-17(19)16-12(3)9-10-20-16/h5-11,13H,1-4H3,(H,18,19). The minimum atomic E-state index is 0.0120. The van der Waals surface area contributed by atoms with Crippen molar-refractivity contribution in [2.75, 3.05) is 0 Å². The van der Waals surface area contributed by atoms with Gasteiger partial charge >= 0.3 is 0 Å². The SMILES string of the molecule is Cc1ccsc1C(=O)NC(C)c1ccc(C(C)C)cc1. The van der Waals surface area contributed by atoms with Crippen LogP contribution in [0.15, 0.2) is 35.7 Å². The molecule has 106 valence electrons. The van der Waals surface area contributed by atoms with E-state index in [1.165, 1.54) is 16.9 Å². The number of hydrogen-bond donors (Lipinski definition) is 1. The van der Waals surface area contributed by atoms with Crippen LogP contribution < -0.4 is 5.32 Å². The van der Waals surface area contributed by atoms with Gasteiger partial charge in [0, 0.05) is 0 Å². The maximum absolute atomic E-state index is 12.2. The van der Waals surface area contributed by atoms with Crippen LogP contribution >= 0.6 is 11.3 Å². The topological polar surface area (TPSA) is 29.1 Å². The molecule has 2 rings (SSSR count). The van der Waals surface area contributed by atoms with Gasteiger partial charge in [0.15, 0.2) is 0 Å².